The van der Waals surface area contributed by atoms with Crippen LogP contribution in [0.5, 0.6) is 11.5 Å². The van der Waals surface area contributed by atoms with Crippen LogP contribution in [0.1, 0.15) is 6.92 Å². The molecule has 1 aromatic carbocycles. The first-order chi connectivity index (χ1) is 12.6. The molecule has 0 aliphatic rings. The molecule has 0 aliphatic heterocycles. The highest BCUT2D eigenvalue weighted by molar-refractivity contribution is 7.19. The molecule has 0 spiro atoms. The number of aromatic nitrogens is 3. The molecular formula is C17H17N5O3S. The van der Waals surface area contributed by atoms with Crippen LogP contribution in [0.3, 0.4) is 0 Å². The second kappa shape index (κ2) is 7.79. The number of amides is 1. The van der Waals surface area contributed by atoms with Crippen molar-refractivity contribution in [3.8, 4) is 22.1 Å². The molecule has 2 N–H and O–H groups in total. The van der Waals surface area contributed by atoms with E-state index >= 15 is 0 Å². The van der Waals surface area contributed by atoms with Crippen LogP contribution < -0.4 is 20.1 Å². The number of rotatable bonds is 6. The van der Waals surface area contributed by atoms with Gasteiger partial charge in [0, 0.05) is 25.4 Å². The third-order valence-electron chi connectivity index (χ3n) is 3.35. The second-order valence-corrected chi connectivity index (χ2v) is 6.20. The number of nitrogens with zero attached hydrogens (tertiary/aromatic N) is 3. The Morgan fingerprint density at radius 1 is 1.15 bits per heavy atom. The summed E-state index contributed by atoms with van der Waals surface area (Å²) in [6.07, 6.45) is 3.31. The molecular weight excluding hydrogens is 354 g/mol. The number of nitrogens with one attached hydrogen (secondary N) is 2. The molecule has 0 atom stereocenters. The van der Waals surface area contributed by atoms with Gasteiger partial charge in [0.25, 0.3) is 0 Å². The number of hydrogen-bond donors (Lipinski definition) is 2. The first-order valence-electron chi connectivity index (χ1n) is 7.65. The van der Waals surface area contributed by atoms with Gasteiger partial charge in [-0.25, -0.2) is 15.0 Å². The van der Waals surface area contributed by atoms with Crippen molar-refractivity contribution < 1.29 is 14.3 Å². The Morgan fingerprint density at radius 3 is 2.73 bits per heavy atom. The number of carbonyl (C=O) groups is 1. The fourth-order valence-electron chi connectivity index (χ4n) is 2.19. The average molecular weight is 371 g/mol. The fourth-order valence-corrected chi connectivity index (χ4v) is 3.02. The van der Waals surface area contributed by atoms with Crippen molar-refractivity contribution in [2.24, 2.45) is 0 Å². The van der Waals surface area contributed by atoms with E-state index in [9.17, 15) is 4.79 Å². The molecule has 0 saturated carbocycles. The SMILES string of the molecule is COc1ccc(OC)c(Nc2nccc(-c3cnc(NC(C)=O)s3)n2)c1. The molecule has 0 saturated heterocycles. The predicted molar refractivity (Wildman–Crippen MR) is 100 cm³/mol. The number of carbonyl (C=O) groups excluding carboxylic acids is 1. The average Bonchev–Trinajstić information content (AvgIpc) is 3.09. The van der Waals surface area contributed by atoms with Crippen LogP contribution in [0.15, 0.2) is 36.7 Å². The van der Waals surface area contributed by atoms with E-state index in [2.05, 4.69) is 25.6 Å². The summed E-state index contributed by atoms with van der Waals surface area (Å²) in [7, 11) is 3.18. The number of hydrogen-bond acceptors (Lipinski definition) is 8. The van der Waals surface area contributed by atoms with Crippen molar-refractivity contribution in [3.63, 3.8) is 0 Å². The largest absolute Gasteiger partial charge is 0.497 e. The van der Waals surface area contributed by atoms with Gasteiger partial charge in [-0.3, -0.25) is 4.79 Å². The molecule has 0 bridgehead atoms. The molecule has 0 aliphatic carbocycles. The topological polar surface area (TPSA) is 98.3 Å². The van der Waals surface area contributed by atoms with Crippen LogP contribution in [0, 0.1) is 0 Å². The second-order valence-electron chi connectivity index (χ2n) is 5.17. The number of benzene rings is 1. The molecule has 2 aromatic heterocycles. The lowest BCUT2D eigenvalue weighted by molar-refractivity contribution is -0.114. The Hall–Kier alpha value is -3.20. The maximum atomic E-state index is 11.1. The van der Waals surface area contributed by atoms with Gasteiger partial charge in [-0.1, -0.05) is 11.3 Å². The van der Waals surface area contributed by atoms with Gasteiger partial charge in [0.05, 0.1) is 30.5 Å². The van der Waals surface area contributed by atoms with E-state index in [1.807, 2.05) is 6.07 Å². The molecule has 1 amide bonds. The quantitative estimate of drug-likeness (QED) is 0.686. The van der Waals surface area contributed by atoms with Crippen LogP contribution in [-0.2, 0) is 4.79 Å². The molecule has 3 aromatic rings. The number of anilines is 3. The number of ether oxygens (including phenoxy) is 2. The summed E-state index contributed by atoms with van der Waals surface area (Å²) < 4.78 is 10.6. The minimum atomic E-state index is -0.166. The number of methoxy groups -OCH3 is 2. The minimum Gasteiger partial charge on any atom is -0.497 e. The Kier molecular flexibility index (Phi) is 5.28. The smallest absolute Gasteiger partial charge is 0.227 e. The normalized spacial score (nSPS) is 10.3. The van der Waals surface area contributed by atoms with E-state index in [1.54, 1.807) is 44.8 Å². The molecule has 26 heavy (non-hydrogen) atoms. The Morgan fingerprint density at radius 2 is 2.00 bits per heavy atom. The maximum Gasteiger partial charge on any atom is 0.227 e. The van der Waals surface area contributed by atoms with E-state index in [0.717, 1.165) is 4.88 Å². The van der Waals surface area contributed by atoms with E-state index in [0.29, 0.717) is 34.0 Å². The van der Waals surface area contributed by atoms with E-state index in [-0.39, 0.29) is 5.91 Å². The summed E-state index contributed by atoms with van der Waals surface area (Å²) in [5.41, 5.74) is 1.38. The van der Waals surface area contributed by atoms with Crippen molar-refractivity contribution in [2.45, 2.75) is 6.92 Å². The third kappa shape index (κ3) is 4.06. The monoisotopic (exact) mass is 371 g/mol. The van der Waals surface area contributed by atoms with Crippen molar-refractivity contribution in [1.82, 2.24) is 15.0 Å². The van der Waals surface area contributed by atoms with Crippen LogP contribution in [0.4, 0.5) is 16.8 Å². The highest BCUT2D eigenvalue weighted by Gasteiger charge is 2.10. The first kappa shape index (κ1) is 17.6. The summed E-state index contributed by atoms with van der Waals surface area (Å²) in [4.78, 5) is 24.9. The highest BCUT2D eigenvalue weighted by atomic mass is 32.1. The predicted octanol–water partition coefficient (Wildman–Crippen LogP) is 3.32. The van der Waals surface area contributed by atoms with Gasteiger partial charge in [0.15, 0.2) is 5.13 Å². The summed E-state index contributed by atoms with van der Waals surface area (Å²) in [5, 5.41) is 6.31. The van der Waals surface area contributed by atoms with Crippen molar-refractivity contribution in [1.29, 1.82) is 0 Å². The van der Waals surface area contributed by atoms with Crippen LogP contribution in [0.25, 0.3) is 10.6 Å². The molecule has 0 radical (unpaired) electrons. The van der Waals surface area contributed by atoms with Gasteiger partial charge in [-0.05, 0) is 18.2 Å². The van der Waals surface area contributed by atoms with Gasteiger partial charge in [0.2, 0.25) is 11.9 Å². The number of thiazole rings is 1. The van der Waals surface area contributed by atoms with Crippen LogP contribution in [-0.4, -0.2) is 35.1 Å². The van der Waals surface area contributed by atoms with Crippen molar-refractivity contribution in [3.05, 3.63) is 36.7 Å². The van der Waals surface area contributed by atoms with Gasteiger partial charge >= 0.3 is 0 Å². The van der Waals surface area contributed by atoms with E-state index in [1.165, 1.54) is 18.3 Å². The third-order valence-corrected chi connectivity index (χ3v) is 4.29. The highest BCUT2D eigenvalue weighted by Crippen LogP contribution is 2.32. The van der Waals surface area contributed by atoms with Gasteiger partial charge in [-0.2, -0.15) is 0 Å². The Bertz CT molecular complexity index is 928. The van der Waals surface area contributed by atoms with Crippen LogP contribution in [0.2, 0.25) is 0 Å². The lowest BCUT2D eigenvalue weighted by atomic mass is 10.2. The molecule has 3 rings (SSSR count). The zero-order valence-corrected chi connectivity index (χ0v) is 15.3. The van der Waals surface area contributed by atoms with Gasteiger partial charge in [-0.15, -0.1) is 0 Å². The zero-order chi connectivity index (χ0) is 18.5. The summed E-state index contributed by atoms with van der Waals surface area (Å²) >= 11 is 1.34. The molecule has 2 heterocycles. The molecule has 8 nitrogen and oxygen atoms in total. The molecule has 0 unspecified atom stereocenters. The minimum absolute atomic E-state index is 0.166. The fraction of sp³-hybridized carbons (Fsp3) is 0.176. The lowest BCUT2D eigenvalue weighted by Gasteiger charge is -2.11. The Balaban J connectivity index is 1.86. The van der Waals surface area contributed by atoms with Gasteiger partial charge < -0.3 is 20.1 Å². The van der Waals surface area contributed by atoms with Crippen LogP contribution >= 0.6 is 11.3 Å². The summed E-state index contributed by atoms with van der Waals surface area (Å²) in [6, 6.07) is 7.19. The van der Waals surface area contributed by atoms with E-state index in [4.69, 9.17) is 9.47 Å². The first-order valence-corrected chi connectivity index (χ1v) is 8.46. The standard InChI is InChI=1S/C17H17N5O3S/c1-10(23)20-17-19-9-15(26-17)12-6-7-18-16(21-12)22-13-8-11(24-2)4-5-14(13)25-3/h4-9H,1-3H3,(H,18,21,22)(H,19,20,23). The molecule has 134 valence electrons. The van der Waals surface area contributed by atoms with Crippen molar-refractivity contribution in [2.75, 3.05) is 24.9 Å². The lowest BCUT2D eigenvalue weighted by Crippen LogP contribution is -2.04. The van der Waals surface area contributed by atoms with Crippen molar-refractivity contribution >= 4 is 34.0 Å². The summed E-state index contributed by atoms with van der Waals surface area (Å²) in [5.74, 6) is 1.57. The summed E-state index contributed by atoms with van der Waals surface area (Å²) in [6.45, 7) is 1.44. The molecule has 9 heteroatoms. The molecule has 0 fully saturated rings. The Labute approximate surface area is 154 Å². The van der Waals surface area contributed by atoms with Gasteiger partial charge in [0.1, 0.15) is 11.5 Å². The zero-order valence-electron chi connectivity index (χ0n) is 14.4. The maximum absolute atomic E-state index is 11.1. The van der Waals surface area contributed by atoms with E-state index < -0.39 is 0 Å².